The Morgan fingerprint density at radius 2 is 1.91 bits per heavy atom. The Hall–Kier alpha value is -2.94. The van der Waals surface area contributed by atoms with Crippen molar-refractivity contribution >= 4 is 17.6 Å². The number of anilines is 1. The summed E-state index contributed by atoms with van der Waals surface area (Å²) in [6, 6.07) is 12.5. The lowest BCUT2D eigenvalue weighted by Gasteiger charge is -2.24. The number of amides is 1. The van der Waals surface area contributed by atoms with Gasteiger partial charge in [0, 0.05) is 37.7 Å². The van der Waals surface area contributed by atoms with Crippen molar-refractivity contribution in [1.29, 1.82) is 0 Å². The number of carbonyl (C=O) groups is 2. The van der Waals surface area contributed by atoms with Crippen LogP contribution in [0.2, 0.25) is 0 Å². The number of hydrogen-bond acceptors (Lipinski definition) is 4. The maximum atomic E-state index is 13.4. The Balaban J connectivity index is 0.000000307. The van der Waals surface area contributed by atoms with Crippen molar-refractivity contribution in [2.75, 3.05) is 24.5 Å². The zero-order chi connectivity index (χ0) is 22.9. The zero-order valence-electron chi connectivity index (χ0n) is 17.4. The van der Waals surface area contributed by atoms with E-state index in [1.54, 1.807) is 0 Å². The van der Waals surface area contributed by atoms with E-state index in [-0.39, 0.29) is 5.41 Å². The van der Waals surface area contributed by atoms with Gasteiger partial charge in [0.05, 0.1) is 5.41 Å². The highest BCUT2D eigenvalue weighted by Crippen LogP contribution is 2.48. The number of aromatic nitrogens is 1. The van der Waals surface area contributed by atoms with E-state index >= 15 is 0 Å². The number of rotatable bonds is 4. The first-order valence-electron chi connectivity index (χ1n) is 10.5. The number of pyridine rings is 1. The number of alkyl halides is 3. The van der Waals surface area contributed by atoms with Gasteiger partial charge in [0.1, 0.15) is 0 Å². The summed E-state index contributed by atoms with van der Waals surface area (Å²) in [5, 5.41) is 7.12. The molecule has 170 valence electrons. The molecule has 1 N–H and O–H groups in total. The van der Waals surface area contributed by atoms with E-state index in [2.05, 4.69) is 45.1 Å². The lowest BCUT2D eigenvalue weighted by atomic mass is 9.81. The molecule has 1 aliphatic carbocycles. The molecule has 1 unspecified atom stereocenters. The lowest BCUT2D eigenvalue weighted by Crippen LogP contribution is -2.43. The van der Waals surface area contributed by atoms with Crippen LogP contribution < -0.4 is 4.90 Å². The fourth-order valence-corrected chi connectivity index (χ4v) is 4.50. The van der Waals surface area contributed by atoms with Gasteiger partial charge < -0.3 is 10.0 Å². The molecule has 0 radical (unpaired) electrons. The average molecular weight is 447 g/mol. The summed E-state index contributed by atoms with van der Waals surface area (Å²) < 4.78 is 31.7. The Morgan fingerprint density at radius 1 is 1.19 bits per heavy atom. The second-order valence-corrected chi connectivity index (χ2v) is 8.58. The molecule has 32 heavy (non-hydrogen) atoms. The first-order valence-corrected chi connectivity index (χ1v) is 10.5. The van der Waals surface area contributed by atoms with Crippen LogP contribution in [-0.2, 0) is 21.5 Å². The highest BCUT2D eigenvalue weighted by Gasteiger charge is 2.54. The van der Waals surface area contributed by atoms with Gasteiger partial charge >= 0.3 is 12.1 Å². The summed E-state index contributed by atoms with van der Waals surface area (Å²) >= 11 is 0. The second kappa shape index (κ2) is 8.54. The first kappa shape index (κ1) is 22.3. The summed E-state index contributed by atoms with van der Waals surface area (Å²) in [5.74, 6) is -1.72. The number of carboxylic acids is 1. The van der Waals surface area contributed by atoms with E-state index in [9.17, 15) is 18.0 Å². The predicted molar refractivity (Wildman–Crippen MR) is 111 cm³/mol. The quantitative estimate of drug-likeness (QED) is 0.775. The van der Waals surface area contributed by atoms with Gasteiger partial charge in [-0.15, -0.1) is 0 Å². The summed E-state index contributed by atoms with van der Waals surface area (Å²) in [5.41, 5.74) is 3.28. The Morgan fingerprint density at radius 3 is 2.53 bits per heavy atom. The lowest BCUT2D eigenvalue weighted by molar-refractivity contribution is -0.192. The average Bonchev–Trinajstić information content (AvgIpc) is 3.45. The van der Waals surface area contributed by atoms with Crippen LogP contribution in [0.1, 0.15) is 30.4 Å². The fraction of sp³-hybridized carbons (Fsp3) is 0.435. The van der Waals surface area contributed by atoms with Gasteiger partial charge in [0.25, 0.3) is 0 Å². The number of para-hydroxylation sites is 1. The molecule has 3 aliphatic rings. The number of aliphatic carboxylic acids is 1. The second-order valence-electron chi connectivity index (χ2n) is 8.58. The number of carboxylic acid groups (broad SMARTS) is 1. The van der Waals surface area contributed by atoms with Crippen molar-refractivity contribution < 1.29 is 27.9 Å². The molecule has 1 spiro atoms. The molecule has 2 fully saturated rings. The van der Waals surface area contributed by atoms with Crippen molar-refractivity contribution in [2.45, 2.75) is 37.4 Å². The highest BCUT2D eigenvalue weighted by atomic mass is 19.4. The standard InChI is InChI=1S/C21H23N3O.C2HF3O2/c25-20-21(9-11-23(15-21)13-17-4-3-10-22-12-17)18-5-1-2-6-19(18)24(20)14-16-7-8-16;3-2(4,5)1(6)7/h1-6,10,12,16H,7-9,11,13-15H2;(H,6,7). The zero-order valence-corrected chi connectivity index (χ0v) is 17.4. The van der Waals surface area contributed by atoms with Crippen LogP contribution in [0.25, 0.3) is 0 Å². The maximum absolute atomic E-state index is 13.4. The Labute approximate surface area is 183 Å². The number of halogens is 3. The third-order valence-electron chi connectivity index (χ3n) is 6.22. The van der Waals surface area contributed by atoms with Gasteiger partial charge in [-0.1, -0.05) is 24.3 Å². The monoisotopic (exact) mass is 447 g/mol. The van der Waals surface area contributed by atoms with Gasteiger partial charge in [-0.2, -0.15) is 13.2 Å². The van der Waals surface area contributed by atoms with E-state index < -0.39 is 12.1 Å². The van der Waals surface area contributed by atoms with E-state index in [4.69, 9.17) is 9.90 Å². The largest absolute Gasteiger partial charge is 0.490 e. The minimum absolute atomic E-state index is 0.328. The number of benzene rings is 1. The van der Waals surface area contributed by atoms with Gasteiger partial charge in [-0.25, -0.2) is 4.79 Å². The molecule has 2 aromatic rings. The van der Waals surface area contributed by atoms with Crippen LogP contribution in [-0.4, -0.2) is 52.7 Å². The van der Waals surface area contributed by atoms with E-state index in [1.165, 1.54) is 24.0 Å². The molecule has 1 aromatic heterocycles. The predicted octanol–water partition coefficient (Wildman–Crippen LogP) is 3.62. The summed E-state index contributed by atoms with van der Waals surface area (Å²) in [7, 11) is 0. The number of fused-ring (bicyclic) bond motifs is 2. The van der Waals surface area contributed by atoms with Crippen molar-refractivity contribution in [3.05, 3.63) is 59.9 Å². The van der Waals surface area contributed by atoms with Crippen LogP contribution in [0.4, 0.5) is 18.9 Å². The van der Waals surface area contributed by atoms with Gasteiger partial charge in [-0.05, 0) is 55.0 Å². The van der Waals surface area contributed by atoms with Crippen LogP contribution >= 0.6 is 0 Å². The molecule has 1 atom stereocenters. The molecule has 1 saturated heterocycles. The summed E-state index contributed by atoms with van der Waals surface area (Å²) in [6.07, 6.45) is 2.11. The number of nitrogens with zero attached hydrogens (tertiary/aromatic N) is 3. The van der Waals surface area contributed by atoms with Gasteiger partial charge in [0.2, 0.25) is 5.91 Å². The van der Waals surface area contributed by atoms with Crippen molar-refractivity contribution in [3.63, 3.8) is 0 Å². The van der Waals surface area contributed by atoms with Crippen LogP contribution in [0, 0.1) is 5.92 Å². The van der Waals surface area contributed by atoms with Crippen molar-refractivity contribution in [2.24, 2.45) is 5.92 Å². The molecule has 0 bridgehead atoms. The molecule has 1 aromatic carbocycles. The minimum atomic E-state index is -5.08. The molecule has 1 saturated carbocycles. The first-order chi connectivity index (χ1) is 15.2. The van der Waals surface area contributed by atoms with Gasteiger partial charge in [-0.3, -0.25) is 14.7 Å². The van der Waals surface area contributed by atoms with Gasteiger partial charge in [0.15, 0.2) is 0 Å². The number of hydrogen-bond donors (Lipinski definition) is 1. The molecule has 6 nitrogen and oxygen atoms in total. The van der Waals surface area contributed by atoms with Crippen LogP contribution in [0.3, 0.4) is 0 Å². The molecule has 5 rings (SSSR count). The number of carbonyl (C=O) groups excluding carboxylic acids is 1. The SMILES string of the molecule is O=C(O)C(F)(F)F.O=C1N(CC2CC2)c2ccccc2C12CCN(Cc1cccnc1)C2. The molecule has 3 heterocycles. The topological polar surface area (TPSA) is 73.7 Å². The Bertz CT molecular complexity index is 995. The Kier molecular flexibility index (Phi) is 5.94. The maximum Gasteiger partial charge on any atom is 0.490 e. The molecule has 2 aliphatic heterocycles. The van der Waals surface area contributed by atoms with E-state index in [1.807, 2.05) is 18.5 Å². The van der Waals surface area contributed by atoms with Crippen LogP contribution in [0.5, 0.6) is 0 Å². The van der Waals surface area contributed by atoms with Crippen molar-refractivity contribution in [1.82, 2.24) is 9.88 Å². The highest BCUT2D eigenvalue weighted by molar-refractivity contribution is 6.08. The third-order valence-corrected chi connectivity index (χ3v) is 6.22. The van der Waals surface area contributed by atoms with Crippen LogP contribution in [0.15, 0.2) is 48.8 Å². The molecular weight excluding hydrogens is 423 g/mol. The summed E-state index contributed by atoms with van der Waals surface area (Å²) in [4.78, 5) is 31.0. The molecule has 1 amide bonds. The normalized spacial score (nSPS) is 22.6. The van der Waals surface area contributed by atoms with Crippen molar-refractivity contribution in [3.8, 4) is 0 Å². The fourth-order valence-electron chi connectivity index (χ4n) is 4.50. The van der Waals surface area contributed by atoms with E-state index in [0.717, 1.165) is 38.3 Å². The third kappa shape index (κ3) is 4.48. The summed E-state index contributed by atoms with van der Waals surface area (Å²) in [6.45, 7) is 3.55. The minimum Gasteiger partial charge on any atom is -0.475 e. The molecular formula is C23H24F3N3O3. The van der Waals surface area contributed by atoms with E-state index in [0.29, 0.717) is 11.8 Å². The number of likely N-dealkylation sites (tertiary alicyclic amines) is 1. The molecule has 9 heteroatoms. The smallest absolute Gasteiger partial charge is 0.475 e.